The molecule has 2 unspecified atom stereocenters. The molecule has 0 aromatic heterocycles. The number of halogens is 1. The maximum absolute atomic E-state index is 12.6. The van der Waals surface area contributed by atoms with E-state index >= 15 is 0 Å². The topological polar surface area (TPSA) is 26.3 Å². The van der Waals surface area contributed by atoms with Crippen molar-refractivity contribution in [3.05, 3.63) is 0 Å². The number of unbranched alkanes of at least 4 members (excludes halogenated alkanes) is 2. The largest absolute Gasteiger partial charge is 0.462 e. The minimum absolute atomic E-state index is 0.0508. The van der Waals surface area contributed by atoms with Gasteiger partial charge in [0.05, 0.1) is 12.3 Å². The molecule has 0 aromatic rings. The summed E-state index contributed by atoms with van der Waals surface area (Å²) in [6.07, 6.45) is 4.73. The van der Waals surface area contributed by atoms with E-state index in [0.717, 1.165) is 37.9 Å². The number of ether oxygens (including phenoxy) is 1. The van der Waals surface area contributed by atoms with Gasteiger partial charge in [-0.1, -0.05) is 19.8 Å². The lowest BCUT2D eigenvalue weighted by Crippen LogP contribution is -2.23. The lowest BCUT2D eigenvalue weighted by molar-refractivity contribution is -0.146. The Hall–Kier alpha value is -0.250. The summed E-state index contributed by atoms with van der Waals surface area (Å²) in [5.41, 5.74) is 0. The van der Waals surface area contributed by atoms with Crippen LogP contribution in [0.15, 0.2) is 0 Å². The highest BCUT2D eigenvalue weighted by Gasteiger charge is 2.20. The van der Waals surface area contributed by atoms with Crippen LogP contribution < -0.4 is 0 Å². The molecule has 0 saturated carbocycles. The predicted octanol–water partition coefficient (Wildman–Crippen LogP) is 4.76. The summed E-state index contributed by atoms with van der Waals surface area (Å²) in [5, 5.41) is -0.0508. The Kier molecular flexibility index (Phi) is 11.4. The third kappa shape index (κ3) is 11.3. The van der Waals surface area contributed by atoms with Gasteiger partial charge in [0.1, 0.15) is 5.25 Å². The Balaban J connectivity index is 3.95. The molecular weight excluding hydrogens is 263 g/mol. The molecule has 2 nitrogen and oxygen atoms in total. The van der Waals surface area contributed by atoms with Gasteiger partial charge in [0.2, 0.25) is 0 Å². The zero-order chi connectivity index (χ0) is 14.7. The molecule has 2 atom stereocenters. The second kappa shape index (κ2) is 11.6. The number of alkyl halides is 1. The molecule has 0 aliphatic rings. The molecule has 0 aliphatic heterocycles. The first-order chi connectivity index (χ1) is 8.97. The SMILES string of the molecule is CCCCC(SCCCCC(C)F)C(=O)OC(C)C. The van der Waals surface area contributed by atoms with E-state index in [0.29, 0.717) is 6.42 Å². The van der Waals surface area contributed by atoms with Crippen LogP contribution in [0.1, 0.15) is 66.2 Å². The van der Waals surface area contributed by atoms with E-state index in [1.807, 2.05) is 13.8 Å². The minimum Gasteiger partial charge on any atom is -0.462 e. The van der Waals surface area contributed by atoms with Crippen LogP contribution in [0.3, 0.4) is 0 Å². The van der Waals surface area contributed by atoms with Crippen molar-refractivity contribution < 1.29 is 13.9 Å². The van der Waals surface area contributed by atoms with Crippen LogP contribution in [-0.2, 0) is 9.53 Å². The Morgan fingerprint density at radius 3 is 2.37 bits per heavy atom. The summed E-state index contributed by atoms with van der Waals surface area (Å²) in [6.45, 7) is 7.47. The normalized spacial score (nSPS) is 14.4. The van der Waals surface area contributed by atoms with Crippen molar-refractivity contribution >= 4 is 17.7 Å². The fourth-order valence-electron chi connectivity index (χ4n) is 1.72. The number of thioether (sulfide) groups is 1. The first kappa shape index (κ1) is 18.8. The molecule has 114 valence electrons. The predicted molar refractivity (Wildman–Crippen MR) is 81.4 cm³/mol. The van der Waals surface area contributed by atoms with Gasteiger partial charge in [-0.05, 0) is 52.2 Å². The second-order valence-corrected chi connectivity index (χ2v) is 6.57. The Bertz CT molecular complexity index is 232. The summed E-state index contributed by atoms with van der Waals surface area (Å²) in [7, 11) is 0. The third-order valence-electron chi connectivity index (χ3n) is 2.75. The number of esters is 1. The van der Waals surface area contributed by atoms with E-state index in [2.05, 4.69) is 6.92 Å². The average Bonchev–Trinajstić information content (AvgIpc) is 2.31. The molecule has 0 fully saturated rings. The summed E-state index contributed by atoms with van der Waals surface area (Å²) in [4.78, 5) is 11.9. The van der Waals surface area contributed by atoms with Gasteiger partial charge < -0.3 is 4.74 Å². The van der Waals surface area contributed by atoms with Crippen LogP contribution in [-0.4, -0.2) is 29.2 Å². The maximum Gasteiger partial charge on any atom is 0.319 e. The van der Waals surface area contributed by atoms with Gasteiger partial charge in [0, 0.05) is 0 Å². The van der Waals surface area contributed by atoms with Crippen molar-refractivity contribution in [3.8, 4) is 0 Å². The molecule has 0 saturated heterocycles. The van der Waals surface area contributed by atoms with Crippen LogP contribution in [0.2, 0.25) is 0 Å². The van der Waals surface area contributed by atoms with Crippen molar-refractivity contribution in [2.75, 3.05) is 5.75 Å². The van der Waals surface area contributed by atoms with Crippen LogP contribution in [0.4, 0.5) is 4.39 Å². The zero-order valence-electron chi connectivity index (χ0n) is 12.8. The molecule has 0 amide bonds. The molecule has 0 spiro atoms. The van der Waals surface area contributed by atoms with E-state index in [9.17, 15) is 9.18 Å². The molecule has 4 heteroatoms. The standard InChI is InChI=1S/C15H29FO2S/c1-5-6-10-14(15(17)18-12(2)3)19-11-8-7-9-13(4)16/h12-14H,5-11H2,1-4H3. The van der Waals surface area contributed by atoms with Crippen LogP contribution in [0.5, 0.6) is 0 Å². The highest BCUT2D eigenvalue weighted by molar-refractivity contribution is 8.00. The van der Waals surface area contributed by atoms with Crippen LogP contribution >= 0.6 is 11.8 Å². The summed E-state index contributed by atoms with van der Waals surface area (Å²) in [6, 6.07) is 0. The Morgan fingerprint density at radius 2 is 1.84 bits per heavy atom. The fraction of sp³-hybridized carbons (Fsp3) is 0.933. The van der Waals surface area contributed by atoms with Gasteiger partial charge in [-0.2, -0.15) is 0 Å². The number of hydrogen-bond acceptors (Lipinski definition) is 3. The van der Waals surface area contributed by atoms with Crippen molar-refractivity contribution in [1.29, 1.82) is 0 Å². The molecule has 0 N–H and O–H groups in total. The van der Waals surface area contributed by atoms with E-state index in [1.54, 1.807) is 18.7 Å². The number of carbonyl (C=O) groups excluding carboxylic acids is 1. The number of hydrogen-bond donors (Lipinski definition) is 0. The quantitative estimate of drug-likeness (QED) is 0.406. The lowest BCUT2D eigenvalue weighted by Gasteiger charge is -2.17. The second-order valence-electron chi connectivity index (χ2n) is 5.26. The van der Waals surface area contributed by atoms with Gasteiger partial charge in [-0.3, -0.25) is 4.79 Å². The maximum atomic E-state index is 12.6. The highest BCUT2D eigenvalue weighted by atomic mass is 32.2. The Morgan fingerprint density at radius 1 is 1.16 bits per heavy atom. The monoisotopic (exact) mass is 292 g/mol. The smallest absolute Gasteiger partial charge is 0.319 e. The van der Waals surface area contributed by atoms with Crippen molar-refractivity contribution in [2.45, 2.75) is 83.7 Å². The van der Waals surface area contributed by atoms with Gasteiger partial charge in [0.25, 0.3) is 0 Å². The molecule has 0 heterocycles. The summed E-state index contributed by atoms with van der Waals surface area (Å²) >= 11 is 1.67. The highest BCUT2D eigenvalue weighted by Crippen LogP contribution is 2.21. The van der Waals surface area contributed by atoms with Crippen LogP contribution in [0.25, 0.3) is 0 Å². The molecular formula is C15H29FO2S. The average molecular weight is 292 g/mol. The van der Waals surface area contributed by atoms with E-state index in [4.69, 9.17) is 4.74 Å². The van der Waals surface area contributed by atoms with E-state index < -0.39 is 6.17 Å². The van der Waals surface area contributed by atoms with Gasteiger partial charge in [0.15, 0.2) is 0 Å². The molecule has 0 bridgehead atoms. The third-order valence-corrected chi connectivity index (χ3v) is 4.10. The Labute approximate surface area is 121 Å². The molecule has 0 rings (SSSR count). The van der Waals surface area contributed by atoms with Gasteiger partial charge in [-0.25, -0.2) is 4.39 Å². The number of rotatable bonds is 11. The number of carbonyl (C=O) groups is 1. The van der Waals surface area contributed by atoms with Gasteiger partial charge in [-0.15, -0.1) is 11.8 Å². The van der Waals surface area contributed by atoms with E-state index in [1.165, 1.54) is 0 Å². The first-order valence-corrected chi connectivity index (χ1v) is 8.48. The fourth-order valence-corrected chi connectivity index (χ4v) is 2.90. The lowest BCUT2D eigenvalue weighted by atomic mass is 10.2. The zero-order valence-corrected chi connectivity index (χ0v) is 13.6. The summed E-state index contributed by atoms with van der Waals surface area (Å²) < 4.78 is 17.9. The first-order valence-electron chi connectivity index (χ1n) is 7.43. The van der Waals surface area contributed by atoms with Crippen molar-refractivity contribution in [1.82, 2.24) is 0 Å². The van der Waals surface area contributed by atoms with Crippen molar-refractivity contribution in [3.63, 3.8) is 0 Å². The molecule has 19 heavy (non-hydrogen) atoms. The minimum atomic E-state index is -0.716. The van der Waals surface area contributed by atoms with Gasteiger partial charge >= 0.3 is 5.97 Å². The molecule has 0 aliphatic carbocycles. The van der Waals surface area contributed by atoms with Crippen LogP contribution in [0, 0.1) is 0 Å². The van der Waals surface area contributed by atoms with Crippen molar-refractivity contribution in [2.24, 2.45) is 0 Å². The molecule has 0 radical (unpaired) electrons. The molecule has 0 aromatic carbocycles. The van der Waals surface area contributed by atoms with E-state index in [-0.39, 0.29) is 17.3 Å². The summed E-state index contributed by atoms with van der Waals surface area (Å²) in [5.74, 6) is 0.821.